The summed E-state index contributed by atoms with van der Waals surface area (Å²) in [5, 5.41) is 8.45. The minimum absolute atomic E-state index is 0.0437. The highest BCUT2D eigenvalue weighted by atomic mass is 32.1. The summed E-state index contributed by atoms with van der Waals surface area (Å²) in [6, 6.07) is 5.88. The summed E-state index contributed by atoms with van der Waals surface area (Å²) in [5.74, 6) is -1.14. The maximum atomic E-state index is 13.0. The lowest BCUT2D eigenvalue weighted by molar-refractivity contribution is -0.119. The largest absolute Gasteiger partial charge is 0.452 e. The van der Waals surface area contributed by atoms with E-state index in [1.165, 1.54) is 23.5 Å². The third-order valence-electron chi connectivity index (χ3n) is 3.84. The second-order valence-electron chi connectivity index (χ2n) is 6.33. The lowest BCUT2D eigenvalue weighted by atomic mass is 10.1. The molecule has 1 amide bonds. The van der Waals surface area contributed by atoms with Crippen molar-refractivity contribution in [3.63, 3.8) is 0 Å². The molecule has 0 bridgehead atoms. The Kier molecular flexibility index (Phi) is 5.84. The van der Waals surface area contributed by atoms with E-state index in [1.807, 2.05) is 13.8 Å². The Morgan fingerprint density at radius 2 is 2.00 bits per heavy atom. The Balaban J connectivity index is 1.59. The average molecular weight is 403 g/mol. The number of hydrogen-bond acceptors (Lipinski definition) is 7. The van der Waals surface area contributed by atoms with Gasteiger partial charge in [0.25, 0.3) is 5.91 Å². The van der Waals surface area contributed by atoms with Gasteiger partial charge < -0.3 is 9.26 Å². The monoisotopic (exact) mass is 403 g/mol. The summed E-state index contributed by atoms with van der Waals surface area (Å²) in [4.78, 5) is 28.6. The van der Waals surface area contributed by atoms with E-state index in [9.17, 15) is 14.0 Å². The van der Waals surface area contributed by atoms with Crippen molar-refractivity contribution < 1.29 is 23.2 Å². The zero-order valence-electron chi connectivity index (χ0n) is 15.5. The summed E-state index contributed by atoms with van der Waals surface area (Å²) in [6.45, 7) is 4.90. The van der Waals surface area contributed by atoms with Crippen molar-refractivity contribution in [3.05, 3.63) is 52.5 Å². The van der Waals surface area contributed by atoms with Crippen LogP contribution in [0.4, 0.5) is 9.52 Å². The molecule has 2 heterocycles. The summed E-state index contributed by atoms with van der Waals surface area (Å²) in [7, 11) is 0. The quantitative estimate of drug-likeness (QED) is 0.621. The number of ether oxygens (including phenoxy) is 1. The molecule has 0 radical (unpaired) electrons. The van der Waals surface area contributed by atoms with E-state index in [-0.39, 0.29) is 17.3 Å². The number of nitrogens with one attached hydrogen (secondary N) is 1. The predicted octanol–water partition coefficient (Wildman–Crippen LogP) is 4.16. The van der Waals surface area contributed by atoms with Crippen LogP contribution in [0.25, 0.3) is 11.3 Å². The van der Waals surface area contributed by atoms with Gasteiger partial charge in [0.15, 0.2) is 17.5 Å². The number of nitrogens with zero attached hydrogens (tertiary/aromatic N) is 2. The van der Waals surface area contributed by atoms with Crippen LogP contribution in [0.3, 0.4) is 0 Å². The smallest absolute Gasteiger partial charge is 0.344 e. The van der Waals surface area contributed by atoms with Crippen molar-refractivity contribution in [3.8, 4) is 11.3 Å². The third kappa shape index (κ3) is 4.42. The Labute approximate surface area is 164 Å². The molecule has 0 spiro atoms. The molecule has 1 aromatic carbocycles. The van der Waals surface area contributed by atoms with E-state index < -0.39 is 18.5 Å². The Morgan fingerprint density at radius 1 is 1.29 bits per heavy atom. The number of thiazole rings is 1. The second kappa shape index (κ2) is 8.30. The molecule has 0 saturated carbocycles. The van der Waals surface area contributed by atoms with Gasteiger partial charge in [-0.25, -0.2) is 14.2 Å². The van der Waals surface area contributed by atoms with Crippen LogP contribution in [0.2, 0.25) is 0 Å². The Hall–Kier alpha value is -3.07. The molecule has 2 aromatic heterocycles. The molecule has 7 nitrogen and oxygen atoms in total. The number of anilines is 1. The molecule has 146 valence electrons. The molecule has 0 aliphatic rings. The summed E-state index contributed by atoms with van der Waals surface area (Å²) < 4.78 is 23.2. The molecule has 3 rings (SSSR count). The number of esters is 1. The predicted molar refractivity (Wildman–Crippen MR) is 102 cm³/mol. The lowest BCUT2D eigenvalue weighted by Gasteiger charge is -2.06. The third-order valence-corrected chi connectivity index (χ3v) is 4.60. The standard InChI is InChI=1S/C19H18FN3O4S/c1-10(2)17-16(11(3)23-27-17)18(25)26-8-15(24)22-19-21-14(9-28-19)12-4-6-13(20)7-5-12/h4-7,9-10H,8H2,1-3H3,(H,21,22,24). The van der Waals surface area contributed by atoms with E-state index >= 15 is 0 Å². The van der Waals surface area contributed by atoms with Crippen molar-refractivity contribution in [1.29, 1.82) is 0 Å². The highest BCUT2D eigenvalue weighted by molar-refractivity contribution is 7.14. The van der Waals surface area contributed by atoms with E-state index in [0.29, 0.717) is 22.3 Å². The zero-order chi connectivity index (χ0) is 20.3. The van der Waals surface area contributed by atoms with Gasteiger partial charge in [0, 0.05) is 16.9 Å². The number of hydrogen-bond donors (Lipinski definition) is 1. The van der Waals surface area contributed by atoms with Gasteiger partial charge in [-0.05, 0) is 31.2 Å². The minimum atomic E-state index is -0.663. The molecule has 3 aromatic rings. The van der Waals surface area contributed by atoms with E-state index in [4.69, 9.17) is 9.26 Å². The van der Waals surface area contributed by atoms with Gasteiger partial charge in [-0.15, -0.1) is 11.3 Å². The number of aryl methyl sites for hydroxylation is 1. The van der Waals surface area contributed by atoms with Crippen molar-refractivity contribution in [2.75, 3.05) is 11.9 Å². The first-order chi connectivity index (χ1) is 13.3. The van der Waals surface area contributed by atoms with E-state index in [2.05, 4.69) is 15.5 Å². The molecule has 0 fully saturated rings. The van der Waals surface area contributed by atoms with Crippen LogP contribution in [-0.2, 0) is 9.53 Å². The van der Waals surface area contributed by atoms with Crippen LogP contribution in [0.5, 0.6) is 0 Å². The topological polar surface area (TPSA) is 94.3 Å². The number of aromatic nitrogens is 2. The average Bonchev–Trinajstić information content (AvgIpc) is 3.27. The fourth-order valence-electron chi connectivity index (χ4n) is 2.47. The van der Waals surface area contributed by atoms with Gasteiger partial charge in [-0.3, -0.25) is 10.1 Å². The summed E-state index contributed by atoms with van der Waals surface area (Å²) in [5.41, 5.74) is 2.00. The van der Waals surface area contributed by atoms with Crippen LogP contribution in [0.15, 0.2) is 34.2 Å². The van der Waals surface area contributed by atoms with Crippen molar-refractivity contribution in [1.82, 2.24) is 10.1 Å². The van der Waals surface area contributed by atoms with E-state index in [0.717, 1.165) is 5.56 Å². The molecule has 28 heavy (non-hydrogen) atoms. The first-order valence-electron chi connectivity index (χ1n) is 8.49. The number of halogens is 1. The van der Waals surface area contributed by atoms with Crippen LogP contribution < -0.4 is 5.32 Å². The molecule has 0 saturated heterocycles. The number of benzene rings is 1. The molecule has 0 aliphatic carbocycles. The van der Waals surface area contributed by atoms with Gasteiger partial charge >= 0.3 is 5.97 Å². The maximum Gasteiger partial charge on any atom is 0.344 e. The highest BCUT2D eigenvalue weighted by Gasteiger charge is 2.24. The second-order valence-corrected chi connectivity index (χ2v) is 7.19. The molecule has 9 heteroatoms. The molecule has 0 atom stereocenters. The van der Waals surface area contributed by atoms with Gasteiger partial charge in [0.2, 0.25) is 0 Å². The van der Waals surface area contributed by atoms with E-state index in [1.54, 1.807) is 24.4 Å². The van der Waals surface area contributed by atoms with Crippen LogP contribution >= 0.6 is 11.3 Å². The van der Waals surface area contributed by atoms with Crippen molar-refractivity contribution in [2.45, 2.75) is 26.7 Å². The van der Waals surface area contributed by atoms with Crippen molar-refractivity contribution in [2.24, 2.45) is 0 Å². The van der Waals surface area contributed by atoms with Gasteiger partial charge in [0.05, 0.1) is 11.4 Å². The molecular weight excluding hydrogens is 385 g/mol. The lowest BCUT2D eigenvalue weighted by Crippen LogP contribution is -2.21. The maximum absolute atomic E-state index is 13.0. The molecule has 0 unspecified atom stereocenters. The fraction of sp³-hybridized carbons (Fsp3) is 0.263. The minimum Gasteiger partial charge on any atom is -0.452 e. The highest BCUT2D eigenvalue weighted by Crippen LogP contribution is 2.25. The number of carbonyl (C=O) groups is 2. The SMILES string of the molecule is Cc1noc(C(C)C)c1C(=O)OCC(=O)Nc1nc(-c2ccc(F)cc2)cs1. The first kappa shape index (κ1) is 19.7. The molecular formula is C19H18FN3O4S. The first-order valence-corrected chi connectivity index (χ1v) is 9.37. The van der Waals surface area contributed by atoms with Crippen molar-refractivity contribution >= 4 is 28.3 Å². The molecule has 0 aliphatic heterocycles. The number of rotatable bonds is 6. The Bertz CT molecular complexity index is 995. The van der Waals surface area contributed by atoms with Crippen LogP contribution in [0, 0.1) is 12.7 Å². The fourth-order valence-corrected chi connectivity index (χ4v) is 3.21. The summed E-state index contributed by atoms with van der Waals surface area (Å²) in [6.07, 6.45) is 0. The van der Waals surface area contributed by atoms with Crippen LogP contribution in [-0.4, -0.2) is 28.6 Å². The number of carbonyl (C=O) groups excluding carboxylic acids is 2. The molecule has 1 N–H and O–H groups in total. The van der Waals surface area contributed by atoms with Gasteiger partial charge in [-0.1, -0.05) is 19.0 Å². The van der Waals surface area contributed by atoms with Gasteiger partial charge in [0.1, 0.15) is 11.4 Å². The normalized spacial score (nSPS) is 10.9. The Morgan fingerprint density at radius 3 is 2.68 bits per heavy atom. The zero-order valence-corrected chi connectivity index (χ0v) is 16.3. The van der Waals surface area contributed by atoms with Crippen LogP contribution in [0.1, 0.15) is 41.6 Å². The van der Waals surface area contributed by atoms with Gasteiger partial charge in [-0.2, -0.15) is 0 Å². The summed E-state index contributed by atoms with van der Waals surface area (Å²) >= 11 is 1.22. The number of amides is 1.